The number of halogens is 1. The highest BCUT2D eigenvalue weighted by Gasteiger charge is 2.28. The van der Waals surface area contributed by atoms with Crippen molar-refractivity contribution in [2.45, 2.75) is 37.6 Å². The minimum atomic E-state index is -3.44. The molecule has 1 aromatic heterocycles. The number of hydrogen-bond acceptors (Lipinski definition) is 4. The van der Waals surface area contributed by atoms with Crippen LogP contribution in [0.2, 0.25) is 5.15 Å². The van der Waals surface area contributed by atoms with Gasteiger partial charge in [-0.3, -0.25) is 4.90 Å². The second-order valence-corrected chi connectivity index (χ2v) is 9.37. The van der Waals surface area contributed by atoms with Crippen LogP contribution < -0.4 is 0 Å². The lowest BCUT2D eigenvalue weighted by Gasteiger charge is -2.34. The molecule has 1 aromatic carbocycles. The van der Waals surface area contributed by atoms with Gasteiger partial charge in [0.2, 0.25) is 10.0 Å². The van der Waals surface area contributed by atoms with E-state index in [1.54, 1.807) is 28.7 Å². The largest absolute Gasteiger partial charge is 0.296 e. The predicted octanol–water partition coefficient (Wildman–Crippen LogP) is 3.76. The molecule has 2 heterocycles. The van der Waals surface area contributed by atoms with Crippen molar-refractivity contribution in [3.8, 4) is 0 Å². The molecule has 0 N–H and O–H groups in total. The van der Waals surface area contributed by atoms with Gasteiger partial charge in [0.05, 0.1) is 4.90 Å². The highest BCUT2D eigenvalue weighted by atomic mass is 35.5. The molecule has 2 aromatic rings. The zero-order valence-electron chi connectivity index (χ0n) is 15.8. The number of aromatic nitrogens is 1. The van der Waals surface area contributed by atoms with Crippen LogP contribution in [-0.4, -0.2) is 48.8 Å². The molecule has 27 heavy (non-hydrogen) atoms. The maximum absolute atomic E-state index is 12.9. The normalized spacial score (nSPS) is 17.7. The van der Waals surface area contributed by atoms with Crippen LogP contribution in [0, 0.1) is 0 Å². The summed E-state index contributed by atoms with van der Waals surface area (Å²) in [5.74, 6) is 0.438. The molecule has 0 amide bonds. The fraction of sp³-hybridized carbons (Fsp3) is 0.450. The first-order chi connectivity index (χ1) is 12.9. The van der Waals surface area contributed by atoms with E-state index in [1.165, 1.54) is 5.56 Å². The molecule has 0 aliphatic carbocycles. The molecule has 0 bridgehead atoms. The van der Waals surface area contributed by atoms with E-state index >= 15 is 0 Å². The van der Waals surface area contributed by atoms with E-state index in [0.29, 0.717) is 42.1 Å². The highest BCUT2D eigenvalue weighted by molar-refractivity contribution is 7.89. The van der Waals surface area contributed by atoms with Gasteiger partial charge in [-0.1, -0.05) is 43.6 Å². The second-order valence-electron chi connectivity index (χ2n) is 7.05. The number of nitrogens with zero attached hydrogens (tertiary/aromatic N) is 3. The lowest BCUT2D eigenvalue weighted by atomic mass is 9.99. The topological polar surface area (TPSA) is 53.5 Å². The summed E-state index contributed by atoms with van der Waals surface area (Å²) in [4.78, 5) is 6.72. The molecular weight excluding hydrogens is 382 g/mol. The molecule has 1 saturated heterocycles. The van der Waals surface area contributed by atoms with Crippen molar-refractivity contribution in [1.82, 2.24) is 14.2 Å². The van der Waals surface area contributed by atoms with Gasteiger partial charge in [-0.15, -0.1) is 0 Å². The minimum absolute atomic E-state index is 0.380. The molecule has 0 spiro atoms. The molecule has 1 fully saturated rings. The molecule has 1 aliphatic heterocycles. The zero-order chi connectivity index (χ0) is 19.4. The van der Waals surface area contributed by atoms with Crippen LogP contribution in [0.5, 0.6) is 0 Å². The Balaban J connectivity index is 1.61. The number of rotatable bonds is 6. The van der Waals surface area contributed by atoms with E-state index in [2.05, 4.69) is 23.7 Å². The molecule has 1 atom stereocenters. The third-order valence-corrected chi connectivity index (χ3v) is 7.36. The fourth-order valence-electron chi connectivity index (χ4n) is 3.24. The summed E-state index contributed by atoms with van der Waals surface area (Å²) in [6.45, 7) is 7.43. The minimum Gasteiger partial charge on any atom is -0.296 e. The fourth-order valence-corrected chi connectivity index (χ4v) is 4.77. The van der Waals surface area contributed by atoms with Crippen LogP contribution in [0.4, 0.5) is 0 Å². The summed E-state index contributed by atoms with van der Waals surface area (Å²) < 4.78 is 27.4. The average molecular weight is 408 g/mol. The number of pyridine rings is 1. The van der Waals surface area contributed by atoms with E-state index < -0.39 is 10.0 Å². The molecule has 1 unspecified atom stereocenters. The molecule has 146 valence electrons. The number of piperazine rings is 1. The average Bonchev–Trinajstić information content (AvgIpc) is 2.69. The molecule has 5 nitrogen and oxygen atoms in total. The SMILES string of the molecule is CCC(C)c1ccc(S(=O)(=O)N2CCN(Cc3ccc(Cl)nc3)CC2)cc1. The molecular formula is C20H26ClN3O2S. The van der Waals surface area contributed by atoms with Gasteiger partial charge < -0.3 is 0 Å². The Labute approximate surface area is 167 Å². The maximum Gasteiger partial charge on any atom is 0.243 e. The van der Waals surface area contributed by atoms with Gasteiger partial charge in [-0.2, -0.15) is 4.31 Å². The Bertz CT molecular complexity index is 846. The van der Waals surface area contributed by atoms with Gasteiger partial charge in [0.15, 0.2) is 0 Å². The Morgan fingerprint density at radius 2 is 1.74 bits per heavy atom. The van der Waals surface area contributed by atoms with E-state index in [0.717, 1.165) is 18.5 Å². The zero-order valence-corrected chi connectivity index (χ0v) is 17.4. The second kappa shape index (κ2) is 8.69. The van der Waals surface area contributed by atoms with Gasteiger partial charge in [0.1, 0.15) is 5.15 Å². The van der Waals surface area contributed by atoms with Crippen molar-refractivity contribution < 1.29 is 8.42 Å². The van der Waals surface area contributed by atoms with E-state index in [-0.39, 0.29) is 0 Å². The van der Waals surface area contributed by atoms with Crippen LogP contribution >= 0.6 is 11.6 Å². The Hall–Kier alpha value is -1.47. The van der Waals surface area contributed by atoms with Crippen molar-refractivity contribution in [3.63, 3.8) is 0 Å². The lowest BCUT2D eigenvalue weighted by molar-refractivity contribution is 0.181. The maximum atomic E-state index is 12.9. The van der Waals surface area contributed by atoms with Gasteiger partial charge in [0, 0.05) is 38.9 Å². The van der Waals surface area contributed by atoms with Crippen LogP contribution in [-0.2, 0) is 16.6 Å². The summed E-state index contributed by atoms with van der Waals surface area (Å²) in [6, 6.07) is 11.1. The Kier molecular flexibility index (Phi) is 6.52. The van der Waals surface area contributed by atoms with E-state index in [4.69, 9.17) is 11.6 Å². The summed E-state index contributed by atoms with van der Waals surface area (Å²) in [6.07, 6.45) is 2.81. The molecule has 0 saturated carbocycles. The highest BCUT2D eigenvalue weighted by Crippen LogP contribution is 2.23. The van der Waals surface area contributed by atoms with Crippen molar-refractivity contribution in [2.75, 3.05) is 26.2 Å². The Morgan fingerprint density at radius 1 is 1.07 bits per heavy atom. The van der Waals surface area contributed by atoms with Gasteiger partial charge in [-0.25, -0.2) is 13.4 Å². The van der Waals surface area contributed by atoms with Crippen LogP contribution in [0.25, 0.3) is 0 Å². The predicted molar refractivity (Wildman–Crippen MR) is 108 cm³/mol. The van der Waals surface area contributed by atoms with Crippen LogP contribution in [0.15, 0.2) is 47.5 Å². The molecule has 7 heteroatoms. The van der Waals surface area contributed by atoms with Gasteiger partial charge in [0.25, 0.3) is 0 Å². The number of benzene rings is 1. The standard InChI is InChI=1S/C20H26ClN3O2S/c1-3-16(2)18-5-7-19(8-6-18)27(25,26)24-12-10-23(11-13-24)15-17-4-9-20(21)22-14-17/h4-9,14,16H,3,10-13,15H2,1-2H3. The summed E-state index contributed by atoms with van der Waals surface area (Å²) in [5.41, 5.74) is 2.26. The van der Waals surface area contributed by atoms with Crippen molar-refractivity contribution in [1.29, 1.82) is 0 Å². The summed E-state index contributed by atoms with van der Waals surface area (Å²) in [7, 11) is -3.44. The van der Waals surface area contributed by atoms with E-state index in [9.17, 15) is 8.42 Å². The smallest absolute Gasteiger partial charge is 0.243 e. The van der Waals surface area contributed by atoms with Crippen LogP contribution in [0.3, 0.4) is 0 Å². The first-order valence-corrected chi connectivity index (χ1v) is 11.1. The van der Waals surface area contributed by atoms with E-state index in [1.807, 2.05) is 18.2 Å². The third-order valence-electron chi connectivity index (χ3n) is 5.23. The summed E-state index contributed by atoms with van der Waals surface area (Å²) in [5, 5.41) is 0.481. The Morgan fingerprint density at radius 3 is 2.30 bits per heavy atom. The van der Waals surface area contributed by atoms with Gasteiger partial charge in [-0.05, 0) is 41.7 Å². The molecule has 1 aliphatic rings. The summed E-state index contributed by atoms with van der Waals surface area (Å²) >= 11 is 5.82. The molecule has 3 rings (SSSR count). The quantitative estimate of drug-likeness (QED) is 0.684. The van der Waals surface area contributed by atoms with Crippen molar-refractivity contribution >= 4 is 21.6 Å². The number of sulfonamides is 1. The number of hydrogen-bond donors (Lipinski definition) is 0. The first-order valence-electron chi connectivity index (χ1n) is 9.33. The third kappa shape index (κ3) is 4.88. The lowest BCUT2D eigenvalue weighted by Crippen LogP contribution is -2.48. The van der Waals surface area contributed by atoms with Gasteiger partial charge >= 0.3 is 0 Å². The van der Waals surface area contributed by atoms with Crippen molar-refractivity contribution in [2.24, 2.45) is 0 Å². The van der Waals surface area contributed by atoms with Crippen molar-refractivity contribution in [3.05, 3.63) is 58.9 Å². The monoisotopic (exact) mass is 407 g/mol. The molecule has 0 radical (unpaired) electrons. The first kappa shape index (κ1) is 20.3. The van der Waals surface area contributed by atoms with Crippen LogP contribution in [0.1, 0.15) is 37.3 Å².